The van der Waals surface area contributed by atoms with Crippen molar-refractivity contribution in [2.75, 3.05) is 7.11 Å². The minimum atomic E-state index is -0.471. The van der Waals surface area contributed by atoms with Gasteiger partial charge in [-0.15, -0.1) is 0 Å². The van der Waals surface area contributed by atoms with Crippen molar-refractivity contribution in [2.45, 2.75) is 17.8 Å². The van der Waals surface area contributed by atoms with Crippen molar-refractivity contribution in [3.63, 3.8) is 0 Å². The second-order valence-electron chi connectivity index (χ2n) is 6.61. The van der Waals surface area contributed by atoms with E-state index in [9.17, 15) is 9.18 Å². The third-order valence-corrected chi connectivity index (χ3v) is 5.62. The van der Waals surface area contributed by atoms with Crippen molar-refractivity contribution < 1.29 is 9.13 Å². The van der Waals surface area contributed by atoms with E-state index >= 15 is 0 Å². The van der Waals surface area contributed by atoms with Gasteiger partial charge in [0.1, 0.15) is 11.6 Å². The zero-order valence-corrected chi connectivity index (χ0v) is 16.9. The summed E-state index contributed by atoms with van der Waals surface area (Å²) in [7, 11) is 1.63. The first-order chi connectivity index (χ1) is 14.1. The predicted octanol–water partition coefficient (Wildman–Crippen LogP) is 5.13. The van der Waals surface area contributed by atoms with E-state index in [4.69, 9.17) is 4.74 Å². The highest BCUT2D eigenvalue weighted by atomic mass is 32.2. The van der Waals surface area contributed by atoms with Gasteiger partial charge in [-0.25, -0.2) is 9.37 Å². The Labute approximate surface area is 172 Å². The zero-order valence-electron chi connectivity index (χ0n) is 16.1. The average molecular weight is 406 g/mol. The number of halogens is 1. The first kappa shape index (κ1) is 19.2. The number of nitrogens with zero attached hydrogens (tertiary/aromatic N) is 2. The minimum Gasteiger partial charge on any atom is -0.496 e. The summed E-state index contributed by atoms with van der Waals surface area (Å²) >= 11 is 1.38. The average Bonchev–Trinajstić information content (AvgIpc) is 2.73. The van der Waals surface area contributed by atoms with Crippen molar-refractivity contribution >= 4 is 22.7 Å². The maximum Gasteiger partial charge on any atom is 0.266 e. The summed E-state index contributed by atoms with van der Waals surface area (Å²) in [6, 6.07) is 19.3. The smallest absolute Gasteiger partial charge is 0.266 e. The van der Waals surface area contributed by atoms with Crippen LogP contribution in [0.5, 0.6) is 5.75 Å². The molecule has 0 fully saturated rings. The lowest BCUT2D eigenvalue weighted by Gasteiger charge is -2.15. The minimum absolute atomic E-state index is 0.189. The largest absolute Gasteiger partial charge is 0.496 e. The van der Waals surface area contributed by atoms with Gasteiger partial charge in [0.2, 0.25) is 0 Å². The Morgan fingerprint density at radius 2 is 1.83 bits per heavy atom. The first-order valence-electron chi connectivity index (χ1n) is 9.11. The van der Waals surface area contributed by atoms with Gasteiger partial charge in [-0.2, -0.15) is 0 Å². The molecule has 0 unspecified atom stereocenters. The number of aromatic nitrogens is 2. The molecule has 4 nitrogen and oxygen atoms in total. The molecule has 0 bridgehead atoms. The fourth-order valence-corrected chi connectivity index (χ4v) is 4.20. The van der Waals surface area contributed by atoms with Crippen LogP contribution < -0.4 is 10.3 Å². The highest BCUT2D eigenvalue weighted by Crippen LogP contribution is 2.29. The molecule has 4 aromatic rings. The molecule has 0 saturated carbocycles. The van der Waals surface area contributed by atoms with Crippen molar-refractivity contribution in [3.8, 4) is 11.4 Å². The molecule has 4 rings (SSSR count). The molecule has 146 valence electrons. The number of fused-ring (bicyclic) bond motifs is 1. The quantitative estimate of drug-likeness (QED) is 0.340. The predicted molar refractivity (Wildman–Crippen MR) is 115 cm³/mol. The molecule has 0 aliphatic heterocycles. The number of aryl methyl sites for hydroxylation is 1. The van der Waals surface area contributed by atoms with Crippen LogP contribution in [0.25, 0.3) is 16.6 Å². The topological polar surface area (TPSA) is 44.1 Å². The standard InChI is InChI=1S/C23H19FN2O2S/c1-15-11-12-21(28-2)16(13-15)14-29-23-25-19-9-5-3-7-17(19)22(27)26(23)20-10-6-4-8-18(20)24/h3-13H,14H2,1-2H3. The van der Waals surface area contributed by atoms with Gasteiger partial charge >= 0.3 is 0 Å². The number of rotatable bonds is 5. The summed E-state index contributed by atoms with van der Waals surface area (Å²) < 4.78 is 21.4. The normalized spacial score (nSPS) is 11.0. The van der Waals surface area contributed by atoms with E-state index in [1.807, 2.05) is 31.2 Å². The molecule has 0 aliphatic rings. The molecule has 1 heterocycles. The molecule has 0 spiro atoms. The van der Waals surface area contributed by atoms with Crippen molar-refractivity contribution in [2.24, 2.45) is 0 Å². The van der Waals surface area contributed by atoms with Crippen LogP contribution in [0.2, 0.25) is 0 Å². The van der Waals surface area contributed by atoms with Gasteiger partial charge < -0.3 is 4.74 Å². The van der Waals surface area contributed by atoms with Crippen LogP contribution in [-0.2, 0) is 5.75 Å². The number of ether oxygens (including phenoxy) is 1. The summed E-state index contributed by atoms with van der Waals surface area (Å²) in [5.41, 5.74) is 2.58. The van der Waals surface area contributed by atoms with Gasteiger partial charge in [-0.3, -0.25) is 9.36 Å². The fraction of sp³-hybridized carbons (Fsp3) is 0.130. The van der Waals surface area contributed by atoms with Crippen LogP contribution in [0.4, 0.5) is 4.39 Å². The van der Waals surface area contributed by atoms with Crippen LogP contribution in [0.1, 0.15) is 11.1 Å². The molecular weight excluding hydrogens is 387 g/mol. The second kappa shape index (κ2) is 8.09. The zero-order chi connectivity index (χ0) is 20.4. The molecule has 0 N–H and O–H groups in total. The van der Waals surface area contributed by atoms with Crippen molar-refractivity contribution in [1.82, 2.24) is 9.55 Å². The van der Waals surface area contributed by atoms with E-state index in [-0.39, 0.29) is 11.2 Å². The number of benzene rings is 3. The SMILES string of the molecule is COc1ccc(C)cc1CSc1nc2ccccc2c(=O)n1-c1ccccc1F. The highest BCUT2D eigenvalue weighted by molar-refractivity contribution is 7.98. The van der Waals surface area contributed by atoms with Crippen molar-refractivity contribution in [1.29, 1.82) is 0 Å². The maximum atomic E-state index is 14.6. The molecule has 0 atom stereocenters. The maximum absolute atomic E-state index is 14.6. The summed E-state index contributed by atoms with van der Waals surface area (Å²) in [5, 5.41) is 0.885. The molecular formula is C23H19FN2O2S. The summed E-state index contributed by atoms with van der Waals surface area (Å²) in [6.45, 7) is 2.01. The van der Waals surface area contributed by atoms with Gasteiger partial charge in [-0.1, -0.05) is 53.7 Å². The number of thioether (sulfide) groups is 1. The highest BCUT2D eigenvalue weighted by Gasteiger charge is 2.16. The van der Waals surface area contributed by atoms with Gasteiger partial charge in [0.15, 0.2) is 5.16 Å². The van der Waals surface area contributed by atoms with Gasteiger partial charge in [0, 0.05) is 11.3 Å². The van der Waals surface area contributed by atoms with E-state index in [1.54, 1.807) is 43.5 Å². The Balaban J connectivity index is 1.85. The lowest BCUT2D eigenvalue weighted by Crippen LogP contribution is -2.22. The van der Waals surface area contributed by atoms with Gasteiger partial charge in [0.25, 0.3) is 5.56 Å². The molecule has 0 radical (unpaired) electrons. The molecule has 3 aromatic carbocycles. The van der Waals surface area contributed by atoms with E-state index in [0.717, 1.165) is 16.9 Å². The summed E-state index contributed by atoms with van der Waals surface area (Å²) in [4.78, 5) is 17.9. The van der Waals surface area contributed by atoms with Gasteiger partial charge in [0.05, 0.1) is 23.7 Å². The van der Waals surface area contributed by atoms with E-state index in [0.29, 0.717) is 21.8 Å². The Bertz CT molecular complexity index is 1250. The molecule has 0 aliphatic carbocycles. The Morgan fingerprint density at radius 3 is 2.62 bits per heavy atom. The Hall–Kier alpha value is -3.12. The third kappa shape index (κ3) is 3.76. The van der Waals surface area contributed by atoms with E-state index < -0.39 is 5.82 Å². The van der Waals surface area contributed by atoms with E-state index in [2.05, 4.69) is 4.98 Å². The van der Waals surface area contributed by atoms with E-state index in [1.165, 1.54) is 22.4 Å². The lowest BCUT2D eigenvalue weighted by molar-refractivity contribution is 0.411. The Morgan fingerprint density at radius 1 is 1.07 bits per heavy atom. The lowest BCUT2D eigenvalue weighted by atomic mass is 10.1. The molecule has 0 saturated heterocycles. The number of hydrogen-bond donors (Lipinski definition) is 0. The number of para-hydroxylation sites is 2. The molecule has 6 heteroatoms. The van der Waals surface area contributed by atoms with Crippen molar-refractivity contribution in [3.05, 3.63) is 94.0 Å². The third-order valence-electron chi connectivity index (χ3n) is 4.63. The van der Waals surface area contributed by atoms with Crippen LogP contribution in [0.15, 0.2) is 76.7 Å². The van der Waals surface area contributed by atoms with Gasteiger partial charge in [-0.05, 0) is 37.3 Å². The number of hydrogen-bond acceptors (Lipinski definition) is 4. The summed E-state index contributed by atoms with van der Waals surface area (Å²) in [6.07, 6.45) is 0. The second-order valence-corrected chi connectivity index (χ2v) is 7.55. The monoisotopic (exact) mass is 406 g/mol. The Kier molecular flexibility index (Phi) is 5.36. The summed E-state index contributed by atoms with van der Waals surface area (Å²) in [5.74, 6) is 0.828. The number of methoxy groups -OCH3 is 1. The fourth-order valence-electron chi connectivity index (χ4n) is 3.22. The first-order valence-corrected chi connectivity index (χ1v) is 10.1. The molecule has 1 aromatic heterocycles. The molecule has 29 heavy (non-hydrogen) atoms. The van der Waals surface area contributed by atoms with Crippen LogP contribution in [0.3, 0.4) is 0 Å². The molecule has 0 amide bonds. The van der Waals surface area contributed by atoms with Crippen LogP contribution in [-0.4, -0.2) is 16.7 Å². The van der Waals surface area contributed by atoms with Crippen LogP contribution in [0, 0.1) is 12.7 Å². The van der Waals surface area contributed by atoms with Crippen LogP contribution >= 0.6 is 11.8 Å².